The van der Waals surface area contributed by atoms with Crippen molar-refractivity contribution in [2.24, 2.45) is 0 Å². The Hall–Kier alpha value is -0.830. The van der Waals surface area contributed by atoms with E-state index in [1.54, 1.807) is 0 Å². The lowest BCUT2D eigenvalue weighted by molar-refractivity contribution is -0.120. The average Bonchev–Trinajstić information content (AvgIpc) is 2.21. The van der Waals surface area contributed by atoms with Gasteiger partial charge in [-0.05, 0) is 31.0 Å². The van der Waals surface area contributed by atoms with Gasteiger partial charge in [-0.25, -0.2) is 0 Å². The Bertz CT molecular complexity index is 479. The summed E-state index contributed by atoms with van der Waals surface area (Å²) in [6.45, 7) is 9.13. The number of aryl methyl sites for hydroxylation is 1. The molecular formula is C14H18BrNO. The van der Waals surface area contributed by atoms with Crippen molar-refractivity contribution < 1.29 is 4.79 Å². The molecular weight excluding hydrogens is 278 g/mol. The second kappa shape index (κ2) is 4.13. The lowest BCUT2D eigenvalue weighted by Crippen LogP contribution is -2.41. The van der Waals surface area contributed by atoms with Crippen molar-refractivity contribution in [1.82, 2.24) is 0 Å². The molecule has 0 atom stereocenters. The molecule has 0 bridgehead atoms. The zero-order chi connectivity index (χ0) is 12.8. The van der Waals surface area contributed by atoms with Crippen LogP contribution in [0.25, 0.3) is 0 Å². The van der Waals surface area contributed by atoms with Crippen LogP contribution in [0.5, 0.6) is 0 Å². The highest BCUT2D eigenvalue weighted by molar-refractivity contribution is 9.10. The topological polar surface area (TPSA) is 20.3 Å². The third-order valence-electron chi connectivity index (χ3n) is 3.51. The molecule has 0 radical (unpaired) electrons. The molecule has 1 heterocycles. The maximum Gasteiger partial charge on any atom is 0.227 e. The fourth-order valence-electron chi connectivity index (χ4n) is 2.49. The van der Waals surface area contributed by atoms with E-state index >= 15 is 0 Å². The van der Waals surface area contributed by atoms with Gasteiger partial charge in [0, 0.05) is 28.5 Å². The number of hydrogen-bond acceptors (Lipinski definition) is 1. The van der Waals surface area contributed by atoms with Crippen LogP contribution < -0.4 is 4.90 Å². The first-order valence-electron chi connectivity index (χ1n) is 5.98. The van der Waals surface area contributed by atoms with Crippen molar-refractivity contribution in [1.29, 1.82) is 0 Å². The molecule has 1 aromatic carbocycles. The van der Waals surface area contributed by atoms with Crippen LogP contribution in [0.1, 0.15) is 38.3 Å². The van der Waals surface area contributed by atoms with Crippen LogP contribution >= 0.6 is 15.9 Å². The minimum Gasteiger partial charge on any atom is -0.312 e. The summed E-state index contributed by atoms with van der Waals surface area (Å²) < 4.78 is 1.07. The van der Waals surface area contributed by atoms with Crippen molar-refractivity contribution in [3.05, 3.63) is 27.7 Å². The summed E-state index contributed by atoms with van der Waals surface area (Å²) in [5.41, 5.74) is 3.50. The number of rotatable bonds is 1. The minimum absolute atomic E-state index is 0.0659. The van der Waals surface area contributed by atoms with E-state index in [0.29, 0.717) is 6.42 Å². The Morgan fingerprint density at radius 1 is 1.41 bits per heavy atom. The number of anilines is 1. The average molecular weight is 296 g/mol. The first-order chi connectivity index (χ1) is 7.86. The van der Waals surface area contributed by atoms with Crippen LogP contribution in [0.3, 0.4) is 0 Å². The molecule has 0 saturated heterocycles. The van der Waals surface area contributed by atoms with Crippen molar-refractivity contribution in [3.8, 4) is 0 Å². The lowest BCUT2D eigenvalue weighted by Gasteiger charge is -2.38. The zero-order valence-corrected chi connectivity index (χ0v) is 12.4. The van der Waals surface area contributed by atoms with Gasteiger partial charge in [-0.15, -0.1) is 0 Å². The van der Waals surface area contributed by atoms with Crippen LogP contribution in [0.15, 0.2) is 16.6 Å². The molecule has 17 heavy (non-hydrogen) atoms. The fraction of sp³-hybridized carbons (Fsp3) is 0.500. The number of carbonyl (C=O) groups excluding carboxylic acids is 1. The number of amides is 1. The Morgan fingerprint density at radius 3 is 2.65 bits per heavy atom. The van der Waals surface area contributed by atoms with Gasteiger partial charge in [0.1, 0.15) is 0 Å². The first-order valence-corrected chi connectivity index (χ1v) is 6.77. The van der Waals surface area contributed by atoms with E-state index in [4.69, 9.17) is 0 Å². The summed E-state index contributed by atoms with van der Waals surface area (Å²) in [5.74, 6) is 0.223. The largest absolute Gasteiger partial charge is 0.312 e. The van der Waals surface area contributed by atoms with Crippen LogP contribution in [0.4, 0.5) is 5.69 Å². The van der Waals surface area contributed by atoms with Crippen molar-refractivity contribution in [2.75, 3.05) is 11.4 Å². The Morgan fingerprint density at radius 2 is 2.06 bits per heavy atom. The van der Waals surface area contributed by atoms with E-state index in [1.807, 2.05) is 11.8 Å². The van der Waals surface area contributed by atoms with Crippen molar-refractivity contribution >= 4 is 27.5 Å². The van der Waals surface area contributed by atoms with Gasteiger partial charge in [0.25, 0.3) is 0 Å². The minimum atomic E-state index is -0.0659. The van der Waals surface area contributed by atoms with Gasteiger partial charge in [0.2, 0.25) is 5.91 Å². The van der Waals surface area contributed by atoms with Crippen molar-refractivity contribution in [3.63, 3.8) is 0 Å². The fourth-order valence-corrected chi connectivity index (χ4v) is 2.82. The van der Waals surface area contributed by atoms with Crippen LogP contribution in [0.2, 0.25) is 0 Å². The van der Waals surface area contributed by atoms with E-state index < -0.39 is 0 Å². The summed E-state index contributed by atoms with van der Waals surface area (Å²) in [6, 6.07) is 4.28. The number of halogens is 1. The number of benzene rings is 1. The van der Waals surface area contributed by atoms with Gasteiger partial charge in [0.15, 0.2) is 0 Å². The standard InChI is InChI=1S/C14H18BrNO/c1-5-16-12-7-11(15)9(2)6-10(12)14(3,4)8-13(16)17/h6-7H,5,8H2,1-4H3. The maximum absolute atomic E-state index is 12.1. The summed E-state index contributed by atoms with van der Waals surface area (Å²) in [7, 11) is 0. The Labute approximate surface area is 111 Å². The van der Waals surface area contributed by atoms with E-state index in [2.05, 4.69) is 48.8 Å². The second-order valence-electron chi connectivity index (χ2n) is 5.32. The second-order valence-corrected chi connectivity index (χ2v) is 6.17. The van der Waals surface area contributed by atoms with Gasteiger partial charge < -0.3 is 4.90 Å². The molecule has 0 fully saturated rings. The molecule has 0 aromatic heterocycles. The number of fused-ring (bicyclic) bond motifs is 1. The van der Waals surface area contributed by atoms with Gasteiger partial charge >= 0.3 is 0 Å². The summed E-state index contributed by atoms with van der Waals surface area (Å²) in [4.78, 5) is 14.0. The molecule has 0 saturated carbocycles. The molecule has 0 spiro atoms. The quantitative estimate of drug-likeness (QED) is 0.772. The molecule has 0 unspecified atom stereocenters. The highest BCUT2D eigenvalue weighted by Gasteiger charge is 2.36. The molecule has 0 N–H and O–H groups in total. The zero-order valence-electron chi connectivity index (χ0n) is 10.8. The normalized spacial score (nSPS) is 18.2. The molecule has 1 aliphatic heterocycles. The van der Waals surface area contributed by atoms with E-state index in [-0.39, 0.29) is 11.3 Å². The monoisotopic (exact) mass is 295 g/mol. The van der Waals surface area contributed by atoms with Gasteiger partial charge in [0.05, 0.1) is 0 Å². The van der Waals surface area contributed by atoms with Crippen LogP contribution in [0, 0.1) is 6.92 Å². The third-order valence-corrected chi connectivity index (χ3v) is 4.36. The molecule has 92 valence electrons. The predicted octanol–water partition coefficient (Wildman–Crippen LogP) is 3.79. The number of nitrogens with zero attached hydrogens (tertiary/aromatic N) is 1. The summed E-state index contributed by atoms with van der Waals surface area (Å²) in [5, 5.41) is 0. The van der Waals surface area contributed by atoms with E-state index in [1.165, 1.54) is 11.1 Å². The van der Waals surface area contributed by atoms with Crippen LogP contribution in [-0.2, 0) is 10.2 Å². The molecule has 2 rings (SSSR count). The first kappa shape index (κ1) is 12.6. The van der Waals surface area contributed by atoms with Crippen molar-refractivity contribution in [2.45, 2.75) is 39.5 Å². The highest BCUT2D eigenvalue weighted by Crippen LogP contribution is 2.42. The van der Waals surface area contributed by atoms with Gasteiger partial charge in [-0.3, -0.25) is 4.79 Å². The molecule has 2 nitrogen and oxygen atoms in total. The predicted molar refractivity (Wildman–Crippen MR) is 74.5 cm³/mol. The molecule has 1 aliphatic rings. The Kier molecular flexibility index (Phi) is 3.06. The Balaban J connectivity index is 2.67. The van der Waals surface area contributed by atoms with E-state index in [0.717, 1.165) is 16.7 Å². The third kappa shape index (κ3) is 2.01. The van der Waals surface area contributed by atoms with E-state index in [9.17, 15) is 4.79 Å². The smallest absolute Gasteiger partial charge is 0.227 e. The molecule has 0 aliphatic carbocycles. The SMILES string of the molecule is CCN1C(=O)CC(C)(C)c2cc(C)c(Br)cc21. The molecule has 1 aromatic rings. The highest BCUT2D eigenvalue weighted by atomic mass is 79.9. The lowest BCUT2D eigenvalue weighted by atomic mass is 9.77. The number of carbonyl (C=O) groups is 1. The molecule has 3 heteroatoms. The van der Waals surface area contributed by atoms with Gasteiger partial charge in [-0.2, -0.15) is 0 Å². The van der Waals surface area contributed by atoms with Gasteiger partial charge in [-0.1, -0.05) is 35.8 Å². The maximum atomic E-state index is 12.1. The summed E-state index contributed by atoms with van der Waals surface area (Å²) in [6.07, 6.45) is 0.592. The van der Waals surface area contributed by atoms with Crippen LogP contribution in [-0.4, -0.2) is 12.5 Å². The molecule has 1 amide bonds. The number of hydrogen-bond donors (Lipinski definition) is 0. The summed E-state index contributed by atoms with van der Waals surface area (Å²) >= 11 is 3.55.